The zero-order valence-corrected chi connectivity index (χ0v) is 12.3. The van der Waals surface area contributed by atoms with Crippen LogP contribution >= 0.6 is 11.6 Å². The van der Waals surface area contributed by atoms with Crippen LogP contribution in [-0.4, -0.2) is 13.1 Å². The van der Waals surface area contributed by atoms with Crippen LogP contribution in [0.25, 0.3) is 0 Å². The Hall–Kier alpha value is -1.58. The van der Waals surface area contributed by atoms with Gasteiger partial charge in [-0.2, -0.15) is 0 Å². The quantitative estimate of drug-likeness (QED) is 0.913. The molecule has 0 aliphatic carbocycles. The van der Waals surface area contributed by atoms with Crippen molar-refractivity contribution in [1.82, 2.24) is 5.32 Å². The average molecular weight is 306 g/mol. The normalized spacial score (nSPS) is 19.4. The summed E-state index contributed by atoms with van der Waals surface area (Å²) in [7, 11) is 0. The van der Waals surface area contributed by atoms with E-state index < -0.39 is 5.82 Å². The van der Waals surface area contributed by atoms with Crippen molar-refractivity contribution in [3.63, 3.8) is 0 Å². The molecule has 0 spiro atoms. The lowest BCUT2D eigenvalue weighted by Gasteiger charge is -2.25. The van der Waals surface area contributed by atoms with Gasteiger partial charge in [-0.3, -0.25) is 0 Å². The van der Waals surface area contributed by atoms with E-state index in [2.05, 4.69) is 5.32 Å². The van der Waals surface area contributed by atoms with Gasteiger partial charge in [0.05, 0.1) is 0 Å². The highest BCUT2D eigenvalue weighted by Crippen LogP contribution is 2.35. The Kier molecular flexibility index (Phi) is 4.42. The van der Waals surface area contributed by atoms with Gasteiger partial charge in [0.15, 0.2) is 0 Å². The first kappa shape index (κ1) is 14.4. The second kappa shape index (κ2) is 6.46. The molecular weight excluding hydrogens is 289 g/mol. The number of hydrogen-bond donors (Lipinski definition) is 1. The molecule has 3 rings (SSSR count). The smallest absolute Gasteiger partial charge is 0.145 e. The molecule has 0 bridgehead atoms. The maximum Gasteiger partial charge on any atom is 0.145 e. The monoisotopic (exact) mass is 305 g/mol. The first-order valence-electron chi connectivity index (χ1n) is 7.12. The van der Waals surface area contributed by atoms with Gasteiger partial charge >= 0.3 is 0 Å². The first-order chi connectivity index (χ1) is 10.3. The maximum absolute atomic E-state index is 13.6. The van der Waals surface area contributed by atoms with Gasteiger partial charge in [-0.25, -0.2) is 4.39 Å². The lowest BCUT2D eigenvalue weighted by atomic mass is 9.95. The minimum atomic E-state index is -0.453. The summed E-state index contributed by atoms with van der Waals surface area (Å²) >= 11 is 6.02. The molecule has 21 heavy (non-hydrogen) atoms. The standard InChI is InChI=1S/C17H17ClFNO/c18-16-14(19)7-4-8-15(16)21-17(13-9-10-20-11-13)12-5-2-1-3-6-12/h1-8,13,17,20H,9-11H2/t13-,17-/m0/s1. The lowest BCUT2D eigenvalue weighted by Crippen LogP contribution is -2.21. The SMILES string of the molecule is Fc1cccc(O[C@@H](c2ccccc2)[C@H]2CCNC2)c1Cl. The Balaban J connectivity index is 1.90. The molecule has 1 aliphatic heterocycles. The number of benzene rings is 2. The Labute approximate surface area is 128 Å². The highest BCUT2D eigenvalue weighted by molar-refractivity contribution is 6.32. The predicted molar refractivity (Wildman–Crippen MR) is 82.2 cm³/mol. The largest absolute Gasteiger partial charge is 0.484 e. The van der Waals surface area contributed by atoms with Crippen LogP contribution in [0, 0.1) is 11.7 Å². The molecule has 0 amide bonds. The van der Waals surface area contributed by atoms with Crippen LogP contribution in [-0.2, 0) is 0 Å². The van der Waals surface area contributed by atoms with Crippen LogP contribution in [0.4, 0.5) is 4.39 Å². The Morgan fingerprint density at radius 3 is 2.67 bits per heavy atom. The van der Waals surface area contributed by atoms with Crippen molar-refractivity contribution in [3.05, 3.63) is 64.9 Å². The number of nitrogens with one attached hydrogen (secondary N) is 1. The van der Waals surface area contributed by atoms with Crippen molar-refractivity contribution < 1.29 is 9.13 Å². The summed E-state index contributed by atoms with van der Waals surface area (Å²) in [5, 5.41) is 3.39. The maximum atomic E-state index is 13.6. The van der Waals surface area contributed by atoms with Gasteiger partial charge in [0.25, 0.3) is 0 Å². The van der Waals surface area contributed by atoms with Gasteiger partial charge in [-0.15, -0.1) is 0 Å². The van der Waals surface area contributed by atoms with Crippen LogP contribution in [0.3, 0.4) is 0 Å². The number of rotatable bonds is 4. The van der Waals surface area contributed by atoms with E-state index in [-0.39, 0.29) is 11.1 Å². The summed E-state index contributed by atoms with van der Waals surface area (Å²) in [6, 6.07) is 14.7. The molecule has 1 heterocycles. The fourth-order valence-corrected chi connectivity index (χ4v) is 2.90. The molecule has 2 nitrogen and oxygen atoms in total. The molecule has 2 aromatic rings. The van der Waals surface area contributed by atoms with E-state index in [0.29, 0.717) is 11.7 Å². The third kappa shape index (κ3) is 3.20. The molecule has 1 saturated heterocycles. The average Bonchev–Trinajstić information content (AvgIpc) is 3.04. The molecule has 2 aromatic carbocycles. The van der Waals surface area contributed by atoms with Crippen LogP contribution in [0.15, 0.2) is 48.5 Å². The van der Waals surface area contributed by atoms with Crippen molar-refractivity contribution in [2.45, 2.75) is 12.5 Å². The highest BCUT2D eigenvalue weighted by atomic mass is 35.5. The summed E-state index contributed by atoms with van der Waals surface area (Å²) in [6.45, 7) is 1.88. The lowest BCUT2D eigenvalue weighted by molar-refractivity contribution is 0.144. The number of halogens is 2. The third-order valence-electron chi connectivity index (χ3n) is 3.82. The Bertz CT molecular complexity index is 599. The van der Waals surface area contributed by atoms with Gasteiger partial charge in [-0.05, 0) is 30.7 Å². The van der Waals surface area contributed by atoms with Crippen LogP contribution in [0.1, 0.15) is 18.1 Å². The van der Waals surface area contributed by atoms with Crippen LogP contribution < -0.4 is 10.1 Å². The zero-order chi connectivity index (χ0) is 14.7. The summed E-state index contributed by atoms with van der Waals surface area (Å²) in [5.41, 5.74) is 1.09. The molecule has 4 heteroatoms. The fraction of sp³-hybridized carbons (Fsp3) is 0.294. The highest BCUT2D eigenvalue weighted by Gasteiger charge is 2.28. The molecule has 110 valence electrons. The van der Waals surface area contributed by atoms with Gasteiger partial charge in [-0.1, -0.05) is 48.0 Å². The molecule has 1 N–H and O–H groups in total. The predicted octanol–water partition coefficient (Wildman–Crippen LogP) is 4.21. The molecule has 0 radical (unpaired) electrons. The summed E-state index contributed by atoms with van der Waals surface area (Å²) in [4.78, 5) is 0. The van der Waals surface area contributed by atoms with Crippen molar-refractivity contribution >= 4 is 11.6 Å². The van der Waals surface area contributed by atoms with Gasteiger partial charge in [0.2, 0.25) is 0 Å². The third-order valence-corrected chi connectivity index (χ3v) is 4.19. The van der Waals surface area contributed by atoms with E-state index in [1.807, 2.05) is 30.3 Å². The van der Waals surface area contributed by atoms with Crippen molar-refractivity contribution in [2.24, 2.45) is 5.92 Å². The van der Waals surface area contributed by atoms with E-state index in [1.54, 1.807) is 12.1 Å². The molecule has 0 saturated carbocycles. The molecule has 0 unspecified atom stereocenters. The minimum absolute atomic E-state index is 0.0457. The van der Waals surface area contributed by atoms with Gasteiger partial charge in [0.1, 0.15) is 22.7 Å². The summed E-state index contributed by atoms with van der Waals surface area (Å²) < 4.78 is 19.7. The van der Waals surface area contributed by atoms with Crippen molar-refractivity contribution in [2.75, 3.05) is 13.1 Å². The zero-order valence-electron chi connectivity index (χ0n) is 11.6. The molecule has 2 atom stereocenters. The second-order valence-corrected chi connectivity index (χ2v) is 5.63. The van der Waals surface area contributed by atoms with Crippen molar-refractivity contribution in [1.29, 1.82) is 0 Å². The molecule has 1 fully saturated rings. The van der Waals surface area contributed by atoms with E-state index in [1.165, 1.54) is 6.07 Å². The topological polar surface area (TPSA) is 21.3 Å². The molecule has 1 aliphatic rings. The summed E-state index contributed by atoms with van der Waals surface area (Å²) in [5.74, 6) is 0.301. The van der Waals surface area contributed by atoms with E-state index in [9.17, 15) is 4.39 Å². The minimum Gasteiger partial charge on any atom is -0.484 e. The van der Waals surface area contributed by atoms with E-state index in [0.717, 1.165) is 25.1 Å². The molecule has 0 aromatic heterocycles. The van der Waals surface area contributed by atoms with Crippen LogP contribution in [0.5, 0.6) is 5.75 Å². The van der Waals surface area contributed by atoms with Crippen LogP contribution in [0.2, 0.25) is 5.02 Å². The molecular formula is C17H17ClFNO. The Morgan fingerprint density at radius 1 is 1.14 bits per heavy atom. The summed E-state index contributed by atoms with van der Waals surface area (Å²) in [6.07, 6.45) is 0.910. The van der Waals surface area contributed by atoms with E-state index in [4.69, 9.17) is 16.3 Å². The van der Waals surface area contributed by atoms with Crippen molar-refractivity contribution in [3.8, 4) is 5.75 Å². The number of hydrogen-bond acceptors (Lipinski definition) is 2. The second-order valence-electron chi connectivity index (χ2n) is 5.25. The van der Waals surface area contributed by atoms with Gasteiger partial charge < -0.3 is 10.1 Å². The number of ether oxygens (including phenoxy) is 1. The van der Waals surface area contributed by atoms with E-state index >= 15 is 0 Å². The van der Waals surface area contributed by atoms with Gasteiger partial charge in [0, 0.05) is 12.5 Å². The first-order valence-corrected chi connectivity index (χ1v) is 7.50. The Morgan fingerprint density at radius 2 is 1.95 bits per heavy atom. The fourth-order valence-electron chi connectivity index (χ4n) is 2.73.